The summed E-state index contributed by atoms with van der Waals surface area (Å²) in [6, 6.07) is 14.3. The zero-order chi connectivity index (χ0) is 21.5. The Morgan fingerprint density at radius 3 is 2.90 bits per heavy atom. The molecule has 0 spiro atoms. The SMILES string of the molecule is CN=C(NCc1coc(-c2cccs2)n1)NCC1CC(=O)N(CCc2ccccc2)C1. The minimum Gasteiger partial charge on any atom is -0.443 e. The second kappa shape index (κ2) is 10.3. The Morgan fingerprint density at radius 2 is 2.13 bits per heavy atom. The summed E-state index contributed by atoms with van der Waals surface area (Å²) in [6.07, 6.45) is 3.13. The fourth-order valence-corrected chi connectivity index (χ4v) is 4.31. The van der Waals surface area contributed by atoms with Crippen LogP contribution in [0.1, 0.15) is 17.7 Å². The molecule has 1 atom stereocenters. The van der Waals surface area contributed by atoms with E-state index in [0.717, 1.165) is 30.1 Å². The summed E-state index contributed by atoms with van der Waals surface area (Å²) in [4.78, 5) is 24.1. The molecule has 1 aliphatic rings. The summed E-state index contributed by atoms with van der Waals surface area (Å²) in [5.74, 6) is 1.83. The molecular weight excluding hydrogens is 410 g/mol. The third-order valence-electron chi connectivity index (χ3n) is 5.31. The lowest BCUT2D eigenvalue weighted by atomic mass is 10.1. The van der Waals surface area contributed by atoms with E-state index in [1.54, 1.807) is 24.6 Å². The molecule has 0 aliphatic carbocycles. The summed E-state index contributed by atoms with van der Waals surface area (Å²) < 4.78 is 5.55. The highest BCUT2D eigenvalue weighted by molar-refractivity contribution is 7.13. The third kappa shape index (κ3) is 5.73. The summed E-state index contributed by atoms with van der Waals surface area (Å²) in [7, 11) is 1.74. The second-order valence-corrected chi connectivity index (χ2v) is 8.52. The molecule has 1 amide bonds. The van der Waals surface area contributed by atoms with E-state index < -0.39 is 0 Å². The van der Waals surface area contributed by atoms with Crippen LogP contribution in [0.3, 0.4) is 0 Å². The summed E-state index contributed by atoms with van der Waals surface area (Å²) in [5, 5.41) is 8.59. The average molecular weight is 438 g/mol. The molecule has 162 valence electrons. The number of rotatable bonds is 8. The van der Waals surface area contributed by atoms with Gasteiger partial charge in [-0.3, -0.25) is 9.79 Å². The van der Waals surface area contributed by atoms with Crippen molar-refractivity contribution < 1.29 is 9.21 Å². The van der Waals surface area contributed by atoms with Gasteiger partial charge in [-0.15, -0.1) is 11.3 Å². The topological polar surface area (TPSA) is 82.8 Å². The van der Waals surface area contributed by atoms with Crippen LogP contribution >= 0.6 is 11.3 Å². The Balaban J connectivity index is 1.20. The molecule has 31 heavy (non-hydrogen) atoms. The number of carbonyl (C=O) groups excluding carboxylic acids is 1. The van der Waals surface area contributed by atoms with Gasteiger partial charge in [-0.25, -0.2) is 4.98 Å². The molecule has 1 unspecified atom stereocenters. The highest BCUT2D eigenvalue weighted by Gasteiger charge is 2.29. The maximum atomic E-state index is 12.4. The number of aromatic nitrogens is 1. The summed E-state index contributed by atoms with van der Waals surface area (Å²) in [6.45, 7) is 2.77. The van der Waals surface area contributed by atoms with Crippen molar-refractivity contribution in [2.24, 2.45) is 10.9 Å². The fourth-order valence-electron chi connectivity index (χ4n) is 3.65. The smallest absolute Gasteiger partial charge is 0.236 e. The van der Waals surface area contributed by atoms with E-state index in [1.165, 1.54) is 5.56 Å². The highest BCUT2D eigenvalue weighted by Crippen LogP contribution is 2.23. The maximum Gasteiger partial charge on any atom is 0.236 e. The number of oxazole rings is 1. The number of likely N-dealkylation sites (tertiary alicyclic amines) is 1. The van der Waals surface area contributed by atoms with E-state index in [-0.39, 0.29) is 11.8 Å². The zero-order valence-corrected chi connectivity index (χ0v) is 18.4. The quantitative estimate of drug-likeness (QED) is 0.418. The van der Waals surface area contributed by atoms with Crippen molar-refractivity contribution in [1.82, 2.24) is 20.5 Å². The second-order valence-electron chi connectivity index (χ2n) is 7.57. The first kappa shape index (κ1) is 21.1. The van der Waals surface area contributed by atoms with Crippen LogP contribution in [0.15, 0.2) is 63.5 Å². The molecule has 3 aromatic rings. The van der Waals surface area contributed by atoms with E-state index in [2.05, 4.69) is 32.7 Å². The molecule has 2 N–H and O–H groups in total. The van der Waals surface area contributed by atoms with Gasteiger partial charge in [0.2, 0.25) is 11.8 Å². The first-order valence-electron chi connectivity index (χ1n) is 10.5. The van der Waals surface area contributed by atoms with Gasteiger partial charge in [-0.1, -0.05) is 36.4 Å². The molecule has 4 rings (SSSR count). The fraction of sp³-hybridized carbons (Fsp3) is 0.348. The van der Waals surface area contributed by atoms with Crippen LogP contribution in [0.25, 0.3) is 10.8 Å². The molecule has 7 nitrogen and oxygen atoms in total. The van der Waals surface area contributed by atoms with Crippen LogP contribution in [0, 0.1) is 5.92 Å². The number of nitrogens with zero attached hydrogens (tertiary/aromatic N) is 3. The lowest BCUT2D eigenvalue weighted by molar-refractivity contribution is -0.127. The van der Waals surface area contributed by atoms with Gasteiger partial charge in [0.1, 0.15) is 6.26 Å². The predicted molar refractivity (Wildman–Crippen MR) is 123 cm³/mol. The van der Waals surface area contributed by atoms with Crippen molar-refractivity contribution in [3.8, 4) is 10.8 Å². The molecule has 0 bridgehead atoms. The monoisotopic (exact) mass is 437 g/mol. The zero-order valence-electron chi connectivity index (χ0n) is 17.6. The first-order valence-corrected chi connectivity index (χ1v) is 11.3. The molecule has 3 heterocycles. The van der Waals surface area contributed by atoms with Crippen molar-refractivity contribution in [3.63, 3.8) is 0 Å². The summed E-state index contributed by atoms with van der Waals surface area (Å²) in [5.41, 5.74) is 2.08. The molecule has 0 radical (unpaired) electrons. The Labute approximate surface area is 186 Å². The Hall–Kier alpha value is -3.13. The Morgan fingerprint density at radius 1 is 1.26 bits per heavy atom. The van der Waals surface area contributed by atoms with Gasteiger partial charge >= 0.3 is 0 Å². The number of benzene rings is 1. The predicted octanol–water partition coefficient (Wildman–Crippen LogP) is 3.16. The van der Waals surface area contributed by atoms with Crippen LogP contribution < -0.4 is 10.6 Å². The largest absolute Gasteiger partial charge is 0.443 e. The minimum absolute atomic E-state index is 0.231. The van der Waals surface area contributed by atoms with Gasteiger partial charge in [0, 0.05) is 39.0 Å². The van der Waals surface area contributed by atoms with Crippen molar-refractivity contribution in [2.45, 2.75) is 19.4 Å². The van der Waals surface area contributed by atoms with E-state index in [9.17, 15) is 4.79 Å². The van der Waals surface area contributed by atoms with Gasteiger partial charge in [0.15, 0.2) is 5.96 Å². The summed E-state index contributed by atoms with van der Waals surface area (Å²) >= 11 is 1.60. The van der Waals surface area contributed by atoms with E-state index in [1.807, 2.05) is 40.6 Å². The number of aliphatic imine (C=N–C) groups is 1. The lowest BCUT2D eigenvalue weighted by Crippen LogP contribution is -2.40. The third-order valence-corrected chi connectivity index (χ3v) is 6.17. The lowest BCUT2D eigenvalue weighted by Gasteiger charge is -2.17. The number of guanidine groups is 1. The molecular formula is C23H27N5O2S. The van der Waals surface area contributed by atoms with Crippen LogP contribution in [-0.4, -0.2) is 48.4 Å². The van der Waals surface area contributed by atoms with E-state index in [0.29, 0.717) is 31.4 Å². The van der Waals surface area contributed by atoms with Crippen molar-refractivity contribution in [1.29, 1.82) is 0 Å². The number of thiophene rings is 1. The number of hydrogen-bond acceptors (Lipinski definition) is 5. The molecule has 1 aliphatic heterocycles. The van der Waals surface area contributed by atoms with Crippen LogP contribution in [0.5, 0.6) is 0 Å². The van der Waals surface area contributed by atoms with Crippen LogP contribution in [0.4, 0.5) is 0 Å². The average Bonchev–Trinajstić information content (AvgIpc) is 3.54. The van der Waals surface area contributed by atoms with Gasteiger partial charge < -0.3 is 20.0 Å². The van der Waals surface area contributed by atoms with Crippen molar-refractivity contribution >= 4 is 23.2 Å². The van der Waals surface area contributed by atoms with Crippen molar-refractivity contribution in [2.75, 3.05) is 26.7 Å². The molecule has 1 aromatic carbocycles. The number of nitrogens with one attached hydrogen (secondary N) is 2. The highest BCUT2D eigenvalue weighted by atomic mass is 32.1. The van der Waals surface area contributed by atoms with E-state index in [4.69, 9.17) is 4.42 Å². The number of hydrogen-bond donors (Lipinski definition) is 2. The molecule has 2 aromatic heterocycles. The van der Waals surface area contributed by atoms with Gasteiger partial charge in [0.05, 0.1) is 17.1 Å². The van der Waals surface area contributed by atoms with Crippen molar-refractivity contribution in [3.05, 3.63) is 65.4 Å². The van der Waals surface area contributed by atoms with Gasteiger partial charge in [0.25, 0.3) is 0 Å². The van der Waals surface area contributed by atoms with E-state index >= 15 is 0 Å². The molecule has 8 heteroatoms. The first-order chi connectivity index (χ1) is 15.2. The molecule has 0 saturated carbocycles. The normalized spacial score (nSPS) is 16.7. The minimum atomic E-state index is 0.231. The maximum absolute atomic E-state index is 12.4. The standard InChI is InChI=1S/C23H27N5O2S/c1-24-23(26-14-19-16-30-22(27-19)20-8-5-11-31-20)25-13-18-12-21(29)28(15-18)10-9-17-6-3-2-4-7-17/h2-8,11,16,18H,9-10,12-15H2,1H3,(H2,24,25,26). The molecule has 1 saturated heterocycles. The molecule has 1 fully saturated rings. The number of carbonyl (C=O) groups is 1. The Kier molecular flexibility index (Phi) is 6.99. The van der Waals surface area contributed by atoms with Gasteiger partial charge in [-0.05, 0) is 23.4 Å². The van der Waals surface area contributed by atoms with Crippen LogP contribution in [0.2, 0.25) is 0 Å². The number of amides is 1. The van der Waals surface area contributed by atoms with Crippen LogP contribution in [-0.2, 0) is 17.8 Å². The van der Waals surface area contributed by atoms with Gasteiger partial charge in [-0.2, -0.15) is 0 Å². The Bertz CT molecular complexity index is 1000.